The van der Waals surface area contributed by atoms with E-state index in [4.69, 9.17) is 4.74 Å². The van der Waals surface area contributed by atoms with Crippen molar-refractivity contribution in [2.75, 3.05) is 32.8 Å². The molecule has 6 nitrogen and oxygen atoms in total. The van der Waals surface area contributed by atoms with Gasteiger partial charge in [0.15, 0.2) is 0 Å². The third-order valence-electron chi connectivity index (χ3n) is 6.24. The second kappa shape index (κ2) is 10.8. The molecule has 7 heteroatoms. The lowest BCUT2D eigenvalue weighted by atomic mass is 10.0. The van der Waals surface area contributed by atoms with E-state index in [1.54, 1.807) is 6.20 Å². The van der Waals surface area contributed by atoms with Gasteiger partial charge in [-0.05, 0) is 23.5 Å². The summed E-state index contributed by atoms with van der Waals surface area (Å²) in [5, 5.41) is 3.02. The Hall–Kier alpha value is -2.38. The molecule has 1 aliphatic heterocycles. The van der Waals surface area contributed by atoms with E-state index < -0.39 is 5.95 Å². The largest absolute Gasteiger partial charge is 0.379 e. The van der Waals surface area contributed by atoms with E-state index in [0.29, 0.717) is 43.1 Å². The quantitative estimate of drug-likeness (QED) is 0.656. The fourth-order valence-corrected chi connectivity index (χ4v) is 4.39. The van der Waals surface area contributed by atoms with Crippen LogP contribution in [0.15, 0.2) is 30.5 Å². The van der Waals surface area contributed by atoms with Crippen LogP contribution in [0.2, 0.25) is 0 Å². The fourth-order valence-electron chi connectivity index (χ4n) is 4.39. The first-order valence-corrected chi connectivity index (χ1v) is 11.3. The summed E-state index contributed by atoms with van der Waals surface area (Å²) in [5.74, 6) is 0.773. The number of hydrogen-bond donors (Lipinski definition) is 1. The maximum absolute atomic E-state index is 14.6. The highest BCUT2D eigenvalue weighted by molar-refractivity contribution is 5.78. The number of carbonyl (C=O) groups is 1. The predicted octanol–water partition coefficient (Wildman–Crippen LogP) is 3.35. The SMILES string of the molecule is O=C(Cc1ccc(-c2cnc(CN3CCOCC3)nc2F)cc1)NCCC1CCCC1. The maximum Gasteiger partial charge on any atom is 0.224 e. The van der Waals surface area contributed by atoms with Crippen molar-refractivity contribution in [2.24, 2.45) is 5.92 Å². The zero-order valence-electron chi connectivity index (χ0n) is 18.0. The molecule has 1 aromatic carbocycles. The molecule has 1 aromatic heterocycles. The molecule has 1 aliphatic carbocycles. The van der Waals surface area contributed by atoms with Crippen molar-refractivity contribution in [3.63, 3.8) is 0 Å². The number of rotatable bonds is 8. The highest BCUT2D eigenvalue weighted by Crippen LogP contribution is 2.27. The van der Waals surface area contributed by atoms with Crippen LogP contribution in [0.3, 0.4) is 0 Å². The zero-order chi connectivity index (χ0) is 21.5. The van der Waals surface area contributed by atoms with Gasteiger partial charge in [-0.25, -0.2) is 9.97 Å². The average molecular weight is 427 g/mol. The number of nitrogens with one attached hydrogen (secondary N) is 1. The van der Waals surface area contributed by atoms with E-state index in [1.165, 1.54) is 25.7 Å². The second-order valence-corrected chi connectivity index (χ2v) is 8.54. The Labute approximate surface area is 183 Å². The third kappa shape index (κ3) is 6.31. The summed E-state index contributed by atoms with van der Waals surface area (Å²) < 4.78 is 19.9. The number of morpholine rings is 1. The van der Waals surface area contributed by atoms with Gasteiger partial charge in [0.1, 0.15) is 5.82 Å². The van der Waals surface area contributed by atoms with Crippen molar-refractivity contribution >= 4 is 5.91 Å². The topological polar surface area (TPSA) is 67.4 Å². The molecular weight excluding hydrogens is 395 g/mol. The van der Waals surface area contributed by atoms with Crippen LogP contribution in [0.4, 0.5) is 4.39 Å². The Bertz CT molecular complexity index is 862. The Morgan fingerprint density at radius 2 is 1.90 bits per heavy atom. The van der Waals surface area contributed by atoms with Crippen LogP contribution in [0.1, 0.15) is 43.5 Å². The van der Waals surface area contributed by atoms with Crippen molar-refractivity contribution in [2.45, 2.75) is 45.1 Å². The minimum Gasteiger partial charge on any atom is -0.379 e. The van der Waals surface area contributed by atoms with Crippen LogP contribution < -0.4 is 5.32 Å². The van der Waals surface area contributed by atoms with E-state index in [2.05, 4.69) is 20.2 Å². The number of carbonyl (C=O) groups excluding carboxylic acids is 1. The number of hydrogen-bond acceptors (Lipinski definition) is 5. The van der Waals surface area contributed by atoms with Gasteiger partial charge in [-0.3, -0.25) is 9.69 Å². The molecule has 0 unspecified atom stereocenters. The molecule has 1 saturated heterocycles. The van der Waals surface area contributed by atoms with E-state index in [9.17, 15) is 9.18 Å². The first kappa shape index (κ1) is 21.8. The standard InChI is InChI=1S/C24H31FN4O2/c25-24-21(16-27-22(28-24)17-29-11-13-31-14-12-29)20-7-5-19(6-8-20)15-23(30)26-10-9-18-3-1-2-4-18/h5-8,16,18H,1-4,9-15,17H2,(H,26,30). The molecule has 31 heavy (non-hydrogen) atoms. The second-order valence-electron chi connectivity index (χ2n) is 8.54. The molecule has 2 heterocycles. The van der Waals surface area contributed by atoms with Crippen LogP contribution in [-0.2, 0) is 22.5 Å². The molecule has 1 saturated carbocycles. The summed E-state index contributed by atoms with van der Waals surface area (Å²) in [6.45, 7) is 4.26. The van der Waals surface area contributed by atoms with Crippen molar-refractivity contribution < 1.29 is 13.9 Å². The van der Waals surface area contributed by atoms with Crippen molar-refractivity contribution in [3.05, 3.63) is 47.8 Å². The molecule has 1 N–H and O–H groups in total. The Balaban J connectivity index is 1.29. The van der Waals surface area contributed by atoms with Crippen LogP contribution >= 0.6 is 0 Å². The summed E-state index contributed by atoms with van der Waals surface area (Å²) in [7, 11) is 0. The highest BCUT2D eigenvalue weighted by atomic mass is 19.1. The van der Waals surface area contributed by atoms with Gasteiger partial charge in [-0.2, -0.15) is 4.39 Å². The minimum atomic E-state index is -0.518. The minimum absolute atomic E-state index is 0.0349. The summed E-state index contributed by atoms with van der Waals surface area (Å²) in [6.07, 6.45) is 8.20. The number of halogens is 1. The van der Waals surface area contributed by atoms with Gasteiger partial charge < -0.3 is 10.1 Å². The summed E-state index contributed by atoms with van der Waals surface area (Å²) in [5.41, 5.74) is 1.99. The molecule has 0 spiro atoms. The monoisotopic (exact) mass is 426 g/mol. The lowest BCUT2D eigenvalue weighted by molar-refractivity contribution is -0.120. The highest BCUT2D eigenvalue weighted by Gasteiger charge is 2.16. The molecule has 0 atom stereocenters. The van der Waals surface area contributed by atoms with Crippen molar-refractivity contribution in [3.8, 4) is 11.1 Å². The predicted molar refractivity (Wildman–Crippen MR) is 117 cm³/mol. The lowest BCUT2D eigenvalue weighted by Crippen LogP contribution is -2.36. The summed E-state index contributed by atoms with van der Waals surface area (Å²) in [4.78, 5) is 22.8. The molecule has 2 aromatic rings. The number of ether oxygens (including phenoxy) is 1. The number of benzene rings is 1. The summed E-state index contributed by atoms with van der Waals surface area (Å²) in [6, 6.07) is 7.38. The molecule has 2 fully saturated rings. The van der Waals surface area contributed by atoms with Crippen LogP contribution in [0, 0.1) is 11.9 Å². The van der Waals surface area contributed by atoms with Gasteiger partial charge in [0.2, 0.25) is 11.9 Å². The first-order chi connectivity index (χ1) is 15.2. The number of nitrogens with zero attached hydrogens (tertiary/aromatic N) is 3. The normalized spacial score (nSPS) is 17.7. The first-order valence-electron chi connectivity index (χ1n) is 11.3. The van der Waals surface area contributed by atoms with E-state index in [0.717, 1.165) is 37.5 Å². The maximum atomic E-state index is 14.6. The molecular formula is C24H31FN4O2. The number of aromatic nitrogens is 2. The van der Waals surface area contributed by atoms with Crippen LogP contribution in [0.25, 0.3) is 11.1 Å². The van der Waals surface area contributed by atoms with Crippen molar-refractivity contribution in [1.82, 2.24) is 20.2 Å². The van der Waals surface area contributed by atoms with E-state index >= 15 is 0 Å². The van der Waals surface area contributed by atoms with Gasteiger partial charge >= 0.3 is 0 Å². The zero-order valence-corrected chi connectivity index (χ0v) is 18.0. The Kier molecular flexibility index (Phi) is 7.59. The number of amides is 1. The molecule has 2 aliphatic rings. The molecule has 0 radical (unpaired) electrons. The fraction of sp³-hybridized carbons (Fsp3) is 0.542. The molecule has 0 bridgehead atoms. The van der Waals surface area contributed by atoms with E-state index in [-0.39, 0.29) is 5.91 Å². The van der Waals surface area contributed by atoms with E-state index in [1.807, 2.05) is 24.3 Å². The average Bonchev–Trinajstić information content (AvgIpc) is 3.29. The van der Waals surface area contributed by atoms with Crippen LogP contribution in [0.5, 0.6) is 0 Å². The summed E-state index contributed by atoms with van der Waals surface area (Å²) >= 11 is 0. The molecule has 4 rings (SSSR count). The van der Waals surface area contributed by atoms with Gasteiger partial charge in [0, 0.05) is 25.8 Å². The molecule has 166 valence electrons. The lowest BCUT2D eigenvalue weighted by Gasteiger charge is -2.25. The van der Waals surface area contributed by atoms with Crippen LogP contribution in [-0.4, -0.2) is 53.6 Å². The Morgan fingerprint density at radius 1 is 1.16 bits per heavy atom. The smallest absolute Gasteiger partial charge is 0.224 e. The van der Waals surface area contributed by atoms with Gasteiger partial charge in [0.25, 0.3) is 0 Å². The van der Waals surface area contributed by atoms with Gasteiger partial charge in [-0.1, -0.05) is 49.9 Å². The Morgan fingerprint density at radius 3 is 2.61 bits per heavy atom. The van der Waals surface area contributed by atoms with Gasteiger partial charge in [0.05, 0.1) is 31.7 Å². The molecule has 1 amide bonds. The van der Waals surface area contributed by atoms with Gasteiger partial charge in [-0.15, -0.1) is 0 Å². The third-order valence-corrected chi connectivity index (χ3v) is 6.24. The van der Waals surface area contributed by atoms with Crippen molar-refractivity contribution in [1.29, 1.82) is 0 Å².